The molecule has 22 heavy (non-hydrogen) atoms. The summed E-state index contributed by atoms with van der Waals surface area (Å²) in [7, 11) is 1.91. The molecular formula is C17H20BrN3O. The summed E-state index contributed by atoms with van der Waals surface area (Å²) in [6, 6.07) is 12.4. The average molecular weight is 362 g/mol. The fourth-order valence-corrected chi connectivity index (χ4v) is 3.37. The largest absolute Gasteiger partial charge is 0.345 e. The number of aryl methyl sites for hydroxylation is 1. The van der Waals surface area contributed by atoms with Gasteiger partial charge in [-0.25, -0.2) is 0 Å². The van der Waals surface area contributed by atoms with Crippen molar-refractivity contribution in [1.82, 2.24) is 14.4 Å². The van der Waals surface area contributed by atoms with E-state index in [1.54, 1.807) is 0 Å². The summed E-state index contributed by atoms with van der Waals surface area (Å²) in [5.41, 5.74) is 2.07. The number of benzene rings is 1. The summed E-state index contributed by atoms with van der Waals surface area (Å²) in [5.74, 6) is 0.118. The monoisotopic (exact) mass is 361 g/mol. The van der Waals surface area contributed by atoms with Crippen molar-refractivity contribution in [3.63, 3.8) is 0 Å². The number of piperazine rings is 1. The van der Waals surface area contributed by atoms with Crippen LogP contribution in [0.15, 0.2) is 47.1 Å². The van der Waals surface area contributed by atoms with Gasteiger partial charge in [-0.3, -0.25) is 9.69 Å². The molecule has 0 saturated carbocycles. The van der Waals surface area contributed by atoms with Gasteiger partial charge in [0.2, 0.25) is 0 Å². The maximum absolute atomic E-state index is 12.6. The van der Waals surface area contributed by atoms with Gasteiger partial charge in [-0.2, -0.15) is 0 Å². The van der Waals surface area contributed by atoms with Crippen LogP contribution in [0, 0.1) is 0 Å². The highest BCUT2D eigenvalue weighted by atomic mass is 79.9. The molecule has 1 saturated heterocycles. The first-order valence-electron chi connectivity index (χ1n) is 7.51. The first-order valence-corrected chi connectivity index (χ1v) is 8.30. The van der Waals surface area contributed by atoms with Crippen molar-refractivity contribution < 1.29 is 4.79 Å². The van der Waals surface area contributed by atoms with E-state index in [9.17, 15) is 4.79 Å². The maximum Gasteiger partial charge on any atom is 0.270 e. The van der Waals surface area contributed by atoms with Crippen molar-refractivity contribution in [3.05, 3.63) is 58.3 Å². The molecule has 0 radical (unpaired) electrons. The first-order chi connectivity index (χ1) is 10.6. The zero-order valence-electron chi connectivity index (χ0n) is 12.7. The molecule has 0 N–H and O–H groups in total. The van der Waals surface area contributed by atoms with Crippen molar-refractivity contribution in [1.29, 1.82) is 0 Å². The van der Waals surface area contributed by atoms with Gasteiger partial charge >= 0.3 is 0 Å². The summed E-state index contributed by atoms with van der Waals surface area (Å²) in [6.45, 7) is 4.37. The third-order valence-electron chi connectivity index (χ3n) is 4.10. The van der Waals surface area contributed by atoms with E-state index < -0.39 is 0 Å². The first kappa shape index (κ1) is 15.3. The molecule has 1 aromatic carbocycles. The van der Waals surface area contributed by atoms with Crippen molar-refractivity contribution >= 4 is 21.8 Å². The molecule has 1 aliphatic rings. The number of rotatable bonds is 3. The molecule has 2 heterocycles. The fourth-order valence-electron chi connectivity index (χ4n) is 2.85. The van der Waals surface area contributed by atoms with E-state index in [4.69, 9.17) is 0 Å². The molecule has 1 aromatic heterocycles. The molecule has 3 rings (SSSR count). The molecule has 116 valence electrons. The van der Waals surface area contributed by atoms with E-state index in [1.807, 2.05) is 34.8 Å². The standard InChI is InChI=1S/C17H20BrN3O/c1-19-13-15(18)11-16(19)17(22)21-9-7-20(8-10-21)12-14-5-3-2-4-6-14/h2-6,11,13H,7-10,12H2,1H3. The Hall–Kier alpha value is -1.59. The van der Waals surface area contributed by atoms with E-state index in [2.05, 4.69) is 45.1 Å². The van der Waals surface area contributed by atoms with Crippen LogP contribution >= 0.6 is 15.9 Å². The third kappa shape index (κ3) is 3.42. The van der Waals surface area contributed by atoms with Gasteiger partial charge in [0.1, 0.15) is 5.69 Å². The zero-order chi connectivity index (χ0) is 15.5. The van der Waals surface area contributed by atoms with Crippen LogP contribution in [0.2, 0.25) is 0 Å². The molecule has 0 unspecified atom stereocenters. The van der Waals surface area contributed by atoms with Gasteiger partial charge in [0.25, 0.3) is 5.91 Å². The lowest BCUT2D eigenvalue weighted by molar-refractivity contribution is 0.0619. The molecule has 1 aliphatic heterocycles. The Labute approximate surface area is 139 Å². The molecule has 1 fully saturated rings. The normalized spacial score (nSPS) is 16.0. The van der Waals surface area contributed by atoms with Crippen LogP contribution in [0.5, 0.6) is 0 Å². The summed E-state index contributed by atoms with van der Waals surface area (Å²) < 4.78 is 2.82. The number of hydrogen-bond donors (Lipinski definition) is 0. The highest BCUT2D eigenvalue weighted by molar-refractivity contribution is 9.10. The smallest absolute Gasteiger partial charge is 0.270 e. The quantitative estimate of drug-likeness (QED) is 0.840. The molecule has 2 aromatic rings. The van der Waals surface area contributed by atoms with Crippen molar-refractivity contribution in [2.45, 2.75) is 6.54 Å². The van der Waals surface area contributed by atoms with Gasteiger partial charge in [0.05, 0.1) is 0 Å². The second kappa shape index (κ2) is 6.67. The van der Waals surface area contributed by atoms with Gasteiger partial charge in [0.15, 0.2) is 0 Å². The fraction of sp³-hybridized carbons (Fsp3) is 0.353. The van der Waals surface area contributed by atoms with Crippen LogP contribution in [0.25, 0.3) is 0 Å². The number of hydrogen-bond acceptors (Lipinski definition) is 2. The summed E-state index contributed by atoms with van der Waals surface area (Å²) in [6.07, 6.45) is 1.92. The number of halogens is 1. The summed E-state index contributed by atoms with van der Waals surface area (Å²) in [5, 5.41) is 0. The van der Waals surface area contributed by atoms with E-state index >= 15 is 0 Å². The number of nitrogens with zero attached hydrogens (tertiary/aromatic N) is 3. The number of aromatic nitrogens is 1. The van der Waals surface area contributed by atoms with E-state index in [0.29, 0.717) is 0 Å². The highest BCUT2D eigenvalue weighted by Crippen LogP contribution is 2.17. The van der Waals surface area contributed by atoms with Crippen LogP contribution in [0.4, 0.5) is 0 Å². The van der Waals surface area contributed by atoms with E-state index in [1.165, 1.54) is 5.56 Å². The Kier molecular flexibility index (Phi) is 4.64. The van der Waals surface area contributed by atoms with Gasteiger partial charge in [0, 0.05) is 50.4 Å². The van der Waals surface area contributed by atoms with Crippen LogP contribution in [0.1, 0.15) is 16.1 Å². The second-order valence-corrected chi connectivity index (χ2v) is 6.62. The predicted octanol–water partition coefficient (Wildman–Crippen LogP) is 2.75. The Bertz CT molecular complexity index is 645. The molecule has 0 spiro atoms. The minimum absolute atomic E-state index is 0.118. The maximum atomic E-state index is 12.6. The topological polar surface area (TPSA) is 28.5 Å². The molecule has 1 amide bonds. The van der Waals surface area contributed by atoms with Crippen LogP contribution in [0.3, 0.4) is 0 Å². The van der Waals surface area contributed by atoms with Crippen LogP contribution in [-0.4, -0.2) is 46.5 Å². The minimum atomic E-state index is 0.118. The zero-order valence-corrected chi connectivity index (χ0v) is 14.3. The second-order valence-electron chi connectivity index (χ2n) is 5.71. The van der Waals surface area contributed by atoms with Gasteiger partial charge in [-0.1, -0.05) is 30.3 Å². The molecule has 0 bridgehead atoms. The van der Waals surface area contributed by atoms with E-state index in [0.717, 1.165) is 42.9 Å². The molecule has 0 aliphatic carbocycles. The Morgan fingerprint density at radius 1 is 1.14 bits per heavy atom. The van der Waals surface area contributed by atoms with E-state index in [-0.39, 0.29) is 5.91 Å². The van der Waals surface area contributed by atoms with Crippen molar-refractivity contribution in [2.24, 2.45) is 7.05 Å². The van der Waals surface area contributed by atoms with Crippen molar-refractivity contribution in [3.8, 4) is 0 Å². The predicted molar refractivity (Wildman–Crippen MR) is 90.7 cm³/mol. The van der Waals surface area contributed by atoms with Crippen LogP contribution in [-0.2, 0) is 13.6 Å². The minimum Gasteiger partial charge on any atom is -0.345 e. The Morgan fingerprint density at radius 3 is 2.41 bits per heavy atom. The molecule has 4 nitrogen and oxygen atoms in total. The third-order valence-corrected chi connectivity index (χ3v) is 4.53. The Balaban J connectivity index is 1.57. The molecule has 0 atom stereocenters. The number of carbonyl (C=O) groups is 1. The summed E-state index contributed by atoms with van der Waals surface area (Å²) in [4.78, 5) is 16.9. The van der Waals surface area contributed by atoms with Crippen molar-refractivity contribution in [2.75, 3.05) is 26.2 Å². The summed E-state index contributed by atoms with van der Waals surface area (Å²) >= 11 is 3.42. The highest BCUT2D eigenvalue weighted by Gasteiger charge is 2.23. The van der Waals surface area contributed by atoms with Gasteiger partial charge < -0.3 is 9.47 Å². The molecular weight excluding hydrogens is 342 g/mol. The molecule has 5 heteroatoms. The lowest BCUT2D eigenvalue weighted by atomic mass is 10.2. The lowest BCUT2D eigenvalue weighted by Gasteiger charge is -2.34. The lowest BCUT2D eigenvalue weighted by Crippen LogP contribution is -2.48. The van der Waals surface area contributed by atoms with Crippen LogP contribution < -0.4 is 0 Å². The van der Waals surface area contributed by atoms with Gasteiger partial charge in [-0.05, 0) is 27.6 Å². The Morgan fingerprint density at radius 2 is 1.82 bits per heavy atom. The number of carbonyl (C=O) groups excluding carboxylic acids is 1. The number of amides is 1. The SMILES string of the molecule is Cn1cc(Br)cc1C(=O)N1CCN(Cc2ccccc2)CC1. The van der Waals surface area contributed by atoms with Gasteiger partial charge in [-0.15, -0.1) is 0 Å². The average Bonchev–Trinajstić information content (AvgIpc) is 2.87.